The monoisotopic (exact) mass is 706 g/mol. The Kier molecular flexibility index (Phi) is 25.6. The minimum atomic E-state index is -0.542. The van der Waals surface area contributed by atoms with Gasteiger partial charge in [-0.25, -0.2) is 4.39 Å². The molecule has 1 aliphatic heterocycles. The highest BCUT2D eigenvalue weighted by Crippen LogP contribution is 2.48. The first-order valence-electron chi connectivity index (χ1n) is 19.6. The van der Waals surface area contributed by atoms with Crippen molar-refractivity contribution < 1.29 is 9.18 Å². The van der Waals surface area contributed by atoms with Crippen LogP contribution >= 0.6 is 0 Å². The molecule has 0 unspecified atom stereocenters. The molecule has 1 fully saturated rings. The number of benzene rings is 1. The van der Waals surface area contributed by atoms with Gasteiger partial charge in [-0.2, -0.15) is 0 Å². The fourth-order valence-corrected chi connectivity index (χ4v) is 5.22. The number of hydrogen-bond acceptors (Lipinski definition) is 3. The SMILES string of the molecule is C=C/C(F)=C(\C=C/C)N/C(C)=C(C)/C(=C\C(=C)c1ccc2c(c1)N(C1CC(CC)C1)C(=O)C2(C)C)N=CCC.CC.CC(C)C.CCC.CCC. The second-order valence-corrected chi connectivity index (χ2v) is 14.2. The van der Waals surface area contributed by atoms with Crippen LogP contribution in [0.5, 0.6) is 0 Å². The number of anilines is 1. The molecular weight excluding hydrogens is 630 g/mol. The molecule has 3 rings (SSSR count). The molecule has 1 aromatic carbocycles. The highest BCUT2D eigenvalue weighted by Gasteiger charge is 2.48. The first kappa shape index (κ1) is 49.6. The van der Waals surface area contributed by atoms with Crippen LogP contribution in [0, 0.1) is 11.8 Å². The maximum absolute atomic E-state index is 14.3. The molecule has 0 saturated heterocycles. The van der Waals surface area contributed by atoms with Crippen LogP contribution in [0.15, 0.2) is 89.1 Å². The lowest BCUT2D eigenvalue weighted by Crippen LogP contribution is -2.49. The van der Waals surface area contributed by atoms with Crippen LogP contribution in [0.1, 0.15) is 160 Å². The largest absolute Gasteiger partial charge is 0.356 e. The lowest BCUT2D eigenvalue weighted by atomic mass is 9.77. The molecule has 1 heterocycles. The number of halogens is 1. The maximum atomic E-state index is 14.3. The van der Waals surface area contributed by atoms with Crippen LogP contribution < -0.4 is 10.2 Å². The van der Waals surface area contributed by atoms with Gasteiger partial charge in [0.25, 0.3) is 0 Å². The number of rotatable bonds is 11. The van der Waals surface area contributed by atoms with E-state index >= 15 is 0 Å². The number of carbonyl (C=O) groups is 1. The van der Waals surface area contributed by atoms with Crippen LogP contribution in [0.4, 0.5) is 10.1 Å². The zero-order chi connectivity index (χ0) is 39.9. The van der Waals surface area contributed by atoms with Gasteiger partial charge in [-0.3, -0.25) is 9.79 Å². The van der Waals surface area contributed by atoms with Crippen LogP contribution in [0.3, 0.4) is 0 Å². The Hall–Kier alpha value is -3.47. The van der Waals surface area contributed by atoms with E-state index < -0.39 is 11.2 Å². The number of fused-ring (bicyclic) bond motifs is 1. The molecule has 0 radical (unpaired) electrons. The van der Waals surface area contributed by atoms with Crippen molar-refractivity contribution in [2.45, 2.75) is 161 Å². The Morgan fingerprint density at radius 3 is 2.04 bits per heavy atom. The third-order valence-electron chi connectivity index (χ3n) is 7.97. The Labute approximate surface area is 314 Å². The number of carbonyl (C=O) groups excluding carboxylic acids is 1. The summed E-state index contributed by atoms with van der Waals surface area (Å²) in [4.78, 5) is 20.2. The molecule has 51 heavy (non-hydrogen) atoms. The van der Waals surface area contributed by atoms with Crippen molar-refractivity contribution in [2.75, 3.05) is 4.90 Å². The molecule has 1 aliphatic carbocycles. The van der Waals surface area contributed by atoms with Crippen LogP contribution in [0.25, 0.3) is 5.57 Å². The van der Waals surface area contributed by atoms with Crippen LogP contribution in [-0.4, -0.2) is 18.2 Å². The minimum Gasteiger partial charge on any atom is -0.356 e. The quantitative estimate of drug-likeness (QED) is 0.184. The van der Waals surface area contributed by atoms with E-state index in [1.54, 1.807) is 12.2 Å². The van der Waals surface area contributed by atoms with Gasteiger partial charge in [-0.05, 0) is 112 Å². The van der Waals surface area contributed by atoms with Gasteiger partial charge in [-0.1, -0.05) is 127 Å². The van der Waals surface area contributed by atoms with E-state index in [1.165, 1.54) is 18.9 Å². The van der Waals surface area contributed by atoms with Gasteiger partial charge in [0.05, 0.1) is 16.8 Å². The molecule has 0 atom stereocenters. The molecule has 0 spiro atoms. The normalized spacial score (nSPS) is 18.4. The van der Waals surface area contributed by atoms with Crippen molar-refractivity contribution in [3.05, 3.63) is 95.3 Å². The highest BCUT2D eigenvalue weighted by molar-refractivity contribution is 6.08. The van der Waals surface area contributed by atoms with Gasteiger partial charge in [-0.15, -0.1) is 0 Å². The first-order chi connectivity index (χ1) is 24.1. The summed E-state index contributed by atoms with van der Waals surface area (Å²) in [6.07, 6.45) is 15.0. The predicted octanol–water partition coefficient (Wildman–Crippen LogP) is 14.2. The van der Waals surface area contributed by atoms with Crippen molar-refractivity contribution in [1.29, 1.82) is 0 Å². The summed E-state index contributed by atoms with van der Waals surface area (Å²) in [6.45, 7) is 40.9. The van der Waals surface area contributed by atoms with E-state index in [1.807, 2.05) is 78.6 Å². The lowest BCUT2D eigenvalue weighted by molar-refractivity contribution is -0.123. The molecule has 4 nitrogen and oxygen atoms in total. The van der Waals surface area contributed by atoms with E-state index in [4.69, 9.17) is 4.99 Å². The van der Waals surface area contributed by atoms with E-state index in [9.17, 15) is 9.18 Å². The molecule has 1 N–H and O–H groups in total. The van der Waals surface area contributed by atoms with Gasteiger partial charge >= 0.3 is 0 Å². The number of nitrogens with zero attached hydrogens (tertiary/aromatic N) is 2. The molecule has 0 bridgehead atoms. The third kappa shape index (κ3) is 15.8. The number of allylic oxidation sites excluding steroid dienone is 8. The van der Waals surface area contributed by atoms with Crippen LogP contribution in [0.2, 0.25) is 0 Å². The van der Waals surface area contributed by atoms with Gasteiger partial charge in [0, 0.05) is 23.6 Å². The van der Waals surface area contributed by atoms with Crippen LogP contribution in [-0.2, 0) is 10.2 Å². The van der Waals surface area contributed by atoms with E-state index in [0.717, 1.165) is 71.0 Å². The zero-order valence-electron chi connectivity index (χ0n) is 35.7. The van der Waals surface area contributed by atoms with Crippen molar-refractivity contribution in [2.24, 2.45) is 16.8 Å². The summed E-state index contributed by atoms with van der Waals surface area (Å²) in [7, 11) is 0. The van der Waals surface area contributed by atoms with E-state index in [2.05, 4.69) is 86.0 Å². The zero-order valence-corrected chi connectivity index (χ0v) is 35.7. The molecular formula is C46H76FN3O. The van der Waals surface area contributed by atoms with E-state index in [0.29, 0.717) is 11.6 Å². The molecule has 5 heteroatoms. The Bertz CT molecular complexity index is 1360. The lowest BCUT2D eigenvalue weighted by Gasteiger charge is -2.41. The van der Waals surface area contributed by atoms with Gasteiger partial charge in [0.15, 0.2) is 0 Å². The summed E-state index contributed by atoms with van der Waals surface area (Å²) >= 11 is 0. The molecule has 288 valence electrons. The topological polar surface area (TPSA) is 44.7 Å². The third-order valence-corrected chi connectivity index (χ3v) is 7.97. The minimum absolute atomic E-state index is 0.181. The van der Waals surface area contributed by atoms with Gasteiger partial charge < -0.3 is 10.2 Å². The standard InChI is InChI=1S/C34H44FN3O.C4H10.2C3H8.C2H6/c1-10-14-30(29(35)13-4)37-24(7)23(6)31(36-17-11-2)18-22(5)26-15-16-28-32(21-26)38(33(39)34(28,8)9)27-19-25(12-3)20-27;1-4(2)3;2*1-3-2;1-2/h10,13-18,21,25,27,37H,4-5,11-12,19-20H2,1-3,6-9H3;4H,1-3H3;2*3H2,1-2H3;1-2H3/b14-10-,24-23+,30-29-,31-18+,36-17?;;;;. The van der Waals surface area contributed by atoms with Crippen molar-refractivity contribution in [3.63, 3.8) is 0 Å². The Morgan fingerprint density at radius 2 is 1.59 bits per heavy atom. The first-order valence-corrected chi connectivity index (χ1v) is 19.6. The van der Waals surface area contributed by atoms with Crippen molar-refractivity contribution >= 4 is 23.4 Å². The van der Waals surface area contributed by atoms with Crippen molar-refractivity contribution in [1.82, 2.24) is 5.32 Å². The predicted molar refractivity (Wildman–Crippen MR) is 228 cm³/mol. The molecule has 2 aliphatic rings. The second-order valence-electron chi connectivity index (χ2n) is 14.2. The second kappa shape index (κ2) is 26.3. The number of aliphatic imine (C=N–C) groups is 1. The molecule has 1 saturated carbocycles. The van der Waals surface area contributed by atoms with Gasteiger partial charge in [0.1, 0.15) is 5.83 Å². The average Bonchev–Trinajstić information content (AvgIpc) is 3.26. The Balaban J connectivity index is 0. The molecule has 1 amide bonds. The summed E-state index contributed by atoms with van der Waals surface area (Å²) in [5, 5.41) is 3.16. The number of hydrogen-bond donors (Lipinski definition) is 1. The summed E-state index contributed by atoms with van der Waals surface area (Å²) in [5.74, 6) is 1.29. The summed E-state index contributed by atoms with van der Waals surface area (Å²) in [6, 6.07) is 6.50. The molecule has 1 aromatic rings. The summed E-state index contributed by atoms with van der Waals surface area (Å²) < 4.78 is 14.3. The molecule has 0 aromatic heterocycles. The number of nitrogens with one attached hydrogen (secondary N) is 1. The smallest absolute Gasteiger partial charge is 0.237 e. The average molecular weight is 706 g/mol. The summed E-state index contributed by atoms with van der Waals surface area (Å²) in [5.41, 5.74) is 6.01. The fraction of sp³-hybridized carbons (Fsp3) is 0.565. The number of amides is 1. The maximum Gasteiger partial charge on any atom is 0.237 e. The van der Waals surface area contributed by atoms with E-state index in [-0.39, 0.29) is 11.9 Å². The van der Waals surface area contributed by atoms with Crippen molar-refractivity contribution in [3.8, 4) is 0 Å². The Morgan fingerprint density at radius 1 is 1.06 bits per heavy atom. The fourth-order valence-electron chi connectivity index (χ4n) is 5.22. The highest BCUT2D eigenvalue weighted by atomic mass is 19.1. The van der Waals surface area contributed by atoms with Gasteiger partial charge in [0.2, 0.25) is 5.91 Å².